The van der Waals surface area contributed by atoms with Gasteiger partial charge in [-0.25, -0.2) is 18.6 Å². The van der Waals surface area contributed by atoms with Crippen molar-refractivity contribution in [3.63, 3.8) is 0 Å². The molecule has 1 atom stereocenters. The van der Waals surface area contributed by atoms with Crippen LogP contribution in [0.1, 0.15) is 29.2 Å². The molecule has 10 heteroatoms. The minimum absolute atomic E-state index is 0.0461. The topological polar surface area (TPSA) is 117 Å². The molecular formula is C24H24BrN3O5S. The van der Waals surface area contributed by atoms with Crippen molar-refractivity contribution < 1.29 is 23.1 Å². The summed E-state index contributed by atoms with van der Waals surface area (Å²) in [5.74, 6) is -0.284. The van der Waals surface area contributed by atoms with Crippen LogP contribution in [0.15, 0.2) is 81.2 Å². The van der Waals surface area contributed by atoms with Crippen LogP contribution in [0.5, 0.6) is 11.5 Å². The number of methoxy groups -OCH3 is 1. The lowest BCUT2D eigenvalue weighted by Gasteiger charge is -2.18. The number of sulfonamides is 1. The van der Waals surface area contributed by atoms with E-state index in [1.807, 2.05) is 13.0 Å². The molecule has 0 saturated heterocycles. The van der Waals surface area contributed by atoms with Crippen molar-refractivity contribution in [3.8, 4) is 11.5 Å². The van der Waals surface area contributed by atoms with Crippen LogP contribution in [0.2, 0.25) is 0 Å². The van der Waals surface area contributed by atoms with Gasteiger partial charge >= 0.3 is 0 Å². The number of phenolic OH excluding ortho intramolecular Hbond substituents is 1. The SMILES string of the molecule is COc1cc(/C=N\NC(=O)C[C@@H](NS(=O)(=O)c2ccc(C)cc2)c2ccccc2)cc(Br)c1O. The third-order valence-corrected chi connectivity index (χ3v) is 6.99. The van der Waals surface area contributed by atoms with Crippen LogP contribution < -0.4 is 14.9 Å². The third-order valence-electron chi connectivity index (χ3n) is 4.89. The van der Waals surface area contributed by atoms with Gasteiger partial charge in [0.25, 0.3) is 0 Å². The van der Waals surface area contributed by atoms with Crippen LogP contribution in [0.4, 0.5) is 0 Å². The van der Waals surface area contributed by atoms with E-state index in [0.717, 1.165) is 5.56 Å². The molecule has 1 amide bonds. The molecular weight excluding hydrogens is 522 g/mol. The second-order valence-electron chi connectivity index (χ2n) is 7.45. The molecule has 0 heterocycles. The summed E-state index contributed by atoms with van der Waals surface area (Å²) in [7, 11) is -2.44. The van der Waals surface area contributed by atoms with Crippen molar-refractivity contribution in [2.75, 3.05) is 7.11 Å². The average molecular weight is 546 g/mol. The molecule has 3 N–H and O–H groups in total. The summed E-state index contributed by atoms with van der Waals surface area (Å²) in [6.45, 7) is 1.87. The number of nitrogens with one attached hydrogen (secondary N) is 2. The number of rotatable bonds is 9. The quantitative estimate of drug-likeness (QED) is 0.277. The van der Waals surface area contributed by atoms with Crippen LogP contribution in [0.25, 0.3) is 0 Å². The van der Waals surface area contributed by atoms with Gasteiger partial charge in [-0.1, -0.05) is 48.0 Å². The van der Waals surface area contributed by atoms with E-state index in [1.165, 1.54) is 25.5 Å². The highest BCUT2D eigenvalue weighted by atomic mass is 79.9. The smallest absolute Gasteiger partial charge is 0.242 e. The summed E-state index contributed by atoms with van der Waals surface area (Å²) < 4.78 is 34.0. The Bertz CT molecular complexity index is 1280. The van der Waals surface area contributed by atoms with Crippen LogP contribution in [0, 0.1) is 6.92 Å². The maximum absolute atomic E-state index is 12.9. The first-order chi connectivity index (χ1) is 16.2. The first-order valence-electron chi connectivity index (χ1n) is 10.2. The molecule has 0 aliphatic heterocycles. The van der Waals surface area contributed by atoms with Crippen molar-refractivity contribution in [2.24, 2.45) is 5.10 Å². The van der Waals surface area contributed by atoms with Crippen molar-refractivity contribution in [1.82, 2.24) is 10.1 Å². The Labute approximate surface area is 206 Å². The van der Waals surface area contributed by atoms with E-state index in [1.54, 1.807) is 48.5 Å². The van der Waals surface area contributed by atoms with Crippen molar-refractivity contribution in [2.45, 2.75) is 24.3 Å². The van der Waals surface area contributed by atoms with Crippen LogP contribution >= 0.6 is 15.9 Å². The van der Waals surface area contributed by atoms with Crippen LogP contribution in [-0.4, -0.2) is 32.8 Å². The number of hydrogen-bond acceptors (Lipinski definition) is 6. The van der Waals surface area contributed by atoms with Gasteiger partial charge in [-0.05, 0) is 58.2 Å². The Kier molecular flexibility index (Phi) is 8.43. The van der Waals surface area contributed by atoms with Gasteiger partial charge in [0.15, 0.2) is 11.5 Å². The number of aromatic hydroxyl groups is 1. The summed E-state index contributed by atoms with van der Waals surface area (Å²) in [6, 6.07) is 17.7. The van der Waals surface area contributed by atoms with Crippen molar-refractivity contribution >= 4 is 38.1 Å². The molecule has 3 aromatic rings. The fourth-order valence-corrected chi connectivity index (χ4v) is 4.80. The molecule has 0 bridgehead atoms. The summed E-state index contributed by atoms with van der Waals surface area (Å²) >= 11 is 3.22. The van der Waals surface area contributed by atoms with E-state index in [-0.39, 0.29) is 22.8 Å². The zero-order valence-corrected chi connectivity index (χ0v) is 20.9. The number of hydrazone groups is 1. The first kappa shape index (κ1) is 25.4. The lowest BCUT2D eigenvalue weighted by atomic mass is 10.0. The second-order valence-corrected chi connectivity index (χ2v) is 10.0. The molecule has 0 fully saturated rings. The summed E-state index contributed by atoms with van der Waals surface area (Å²) in [6.07, 6.45) is 1.22. The largest absolute Gasteiger partial charge is 0.503 e. The van der Waals surface area contributed by atoms with Gasteiger partial charge in [0, 0.05) is 6.42 Å². The predicted molar refractivity (Wildman–Crippen MR) is 133 cm³/mol. The zero-order valence-electron chi connectivity index (χ0n) is 18.5. The van der Waals surface area contributed by atoms with Gasteiger partial charge < -0.3 is 9.84 Å². The number of amides is 1. The van der Waals surface area contributed by atoms with Crippen LogP contribution in [-0.2, 0) is 14.8 Å². The maximum atomic E-state index is 12.9. The van der Waals surface area contributed by atoms with Gasteiger partial charge in [0.05, 0.1) is 28.7 Å². The number of aryl methyl sites for hydroxylation is 1. The number of carbonyl (C=O) groups is 1. The van der Waals surface area contributed by atoms with Gasteiger partial charge in [-0.2, -0.15) is 5.10 Å². The minimum atomic E-state index is -3.86. The number of carbonyl (C=O) groups excluding carboxylic acids is 1. The van der Waals surface area contributed by atoms with E-state index < -0.39 is 22.0 Å². The highest BCUT2D eigenvalue weighted by Gasteiger charge is 2.23. The fraction of sp³-hybridized carbons (Fsp3) is 0.167. The van der Waals surface area contributed by atoms with Gasteiger partial charge in [-0.3, -0.25) is 4.79 Å². The molecule has 8 nitrogen and oxygen atoms in total. The standard InChI is InChI=1S/C24H24BrN3O5S/c1-16-8-10-19(11-9-16)34(31,32)28-21(18-6-4-3-5-7-18)14-23(29)27-26-15-17-12-20(25)24(30)22(13-17)33-2/h3-13,15,21,28,30H,14H2,1-2H3,(H,27,29)/b26-15-/t21-/m1/s1. The van der Waals surface area contributed by atoms with E-state index >= 15 is 0 Å². The van der Waals surface area contributed by atoms with Crippen molar-refractivity contribution in [3.05, 3.63) is 87.9 Å². The van der Waals surface area contributed by atoms with Crippen LogP contribution in [0.3, 0.4) is 0 Å². The molecule has 34 heavy (non-hydrogen) atoms. The molecule has 0 spiro atoms. The van der Waals surface area contributed by atoms with Gasteiger partial charge in [0.2, 0.25) is 15.9 Å². The third kappa shape index (κ3) is 6.66. The highest BCUT2D eigenvalue weighted by Crippen LogP contribution is 2.34. The van der Waals surface area contributed by atoms with E-state index in [4.69, 9.17) is 4.74 Å². The molecule has 0 saturated carbocycles. The fourth-order valence-electron chi connectivity index (χ4n) is 3.12. The van der Waals surface area contributed by atoms with E-state index in [2.05, 4.69) is 31.2 Å². The highest BCUT2D eigenvalue weighted by molar-refractivity contribution is 9.10. The second kappa shape index (κ2) is 11.3. The Balaban J connectivity index is 1.74. The molecule has 3 rings (SSSR count). The molecule has 0 unspecified atom stereocenters. The molecule has 0 radical (unpaired) electrons. The predicted octanol–water partition coefficient (Wildman–Crippen LogP) is 4.03. The average Bonchev–Trinajstić information content (AvgIpc) is 2.81. The number of ether oxygens (including phenoxy) is 1. The van der Waals surface area contributed by atoms with E-state index in [0.29, 0.717) is 15.6 Å². The number of hydrogen-bond donors (Lipinski definition) is 3. The summed E-state index contributed by atoms with van der Waals surface area (Å²) in [5.41, 5.74) is 4.57. The van der Waals surface area contributed by atoms with Gasteiger partial charge in [-0.15, -0.1) is 0 Å². The van der Waals surface area contributed by atoms with E-state index in [9.17, 15) is 18.3 Å². The monoisotopic (exact) mass is 545 g/mol. The Hall–Kier alpha value is -3.21. The number of benzene rings is 3. The summed E-state index contributed by atoms with van der Waals surface area (Å²) in [5, 5.41) is 13.8. The Morgan fingerprint density at radius 2 is 1.82 bits per heavy atom. The molecule has 0 aliphatic carbocycles. The normalized spacial score (nSPS) is 12.4. The number of halogens is 1. The van der Waals surface area contributed by atoms with Crippen molar-refractivity contribution in [1.29, 1.82) is 0 Å². The lowest BCUT2D eigenvalue weighted by Crippen LogP contribution is -2.32. The Morgan fingerprint density at radius 1 is 1.15 bits per heavy atom. The lowest BCUT2D eigenvalue weighted by molar-refractivity contribution is -0.121. The minimum Gasteiger partial charge on any atom is -0.503 e. The molecule has 3 aromatic carbocycles. The van der Waals surface area contributed by atoms with Gasteiger partial charge in [0.1, 0.15) is 0 Å². The zero-order chi connectivity index (χ0) is 24.7. The number of nitrogens with zero attached hydrogens (tertiary/aromatic N) is 1. The molecule has 0 aromatic heterocycles. The Morgan fingerprint density at radius 3 is 2.47 bits per heavy atom. The number of phenols is 1. The maximum Gasteiger partial charge on any atom is 0.242 e. The molecule has 178 valence electrons. The first-order valence-corrected chi connectivity index (χ1v) is 12.5. The molecule has 0 aliphatic rings. The summed E-state index contributed by atoms with van der Waals surface area (Å²) in [4.78, 5) is 12.7.